The normalized spacial score (nSPS) is 15.6. The maximum atomic E-state index is 13.2. The van der Waals surface area contributed by atoms with Crippen molar-refractivity contribution >= 4 is 11.9 Å². The standard InChI is InChI=1S/C13H16FN5O/c14-11-3-1-2-10(8-11)9-19-12(15)16-13(17-19)18-4-6-20-7-5-18/h1-3,8H,4-7,9H2,(H2,15,16,17). The van der Waals surface area contributed by atoms with E-state index in [0.29, 0.717) is 31.7 Å². The van der Waals surface area contributed by atoms with Crippen molar-refractivity contribution in [3.8, 4) is 0 Å². The Morgan fingerprint density at radius 2 is 2.10 bits per heavy atom. The van der Waals surface area contributed by atoms with E-state index in [4.69, 9.17) is 10.5 Å². The Labute approximate surface area is 116 Å². The van der Waals surface area contributed by atoms with Gasteiger partial charge in [-0.3, -0.25) is 0 Å². The van der Waals surface area contributed by atoms with Gasteiger partial charge >= 0.3 is 0 Å². The second kappa shape index (κ2) is 5.46. The number of anilines is 2. The first-order valence-corrected chi connectivity index (χ1v) is 6.50. The van der Waals surface area contributed by atoms with E-state index >= 15 is 0 Å². The fourth-order valence-electron chi connectivity index (χ4n) is 2.16. The molecule has 20 heavy (non-hydrogen) atoms. The van der Waals surface area contributed by atoms with E-state index in [9.17, 15) is 4.39 Å². The number of morpholine rings is 1. The zero-order valence-corrected chi connectivity index (χ0v) is 11.0. The van der Waals surface area contributed by atoms with Crippen molar-refractivity contribution in [2.75, 3.05) is 36.9 Å². The van der Waals surface area contributed by atoms with Gasteiger partial charge in [-0.25, -0.2) is 9.07 Å². The lowest BCUT2D eigenvalue weighted by Crippen LogP contribution is -2.37. The summed E-state index contributed by atoms with van der Waals surface area (Å²) in [5.41, 5.74) is 6.67. The molecule has 0 spiro atoms. The quantitative estimate of drug-likeness (QED) is 0.902. The zero-order valence-electron chi connectivity index (χ0n) is 11.0. The van der Waals surface area contributed by atoms with Gasteiger partial charge in [-0.15, -0.1) is 5.10 Å². The number of rotatable bonds is 3. The minimum atomic E-state index is -0.269. The second-order valence-electron chi connectivity index (χ2n) is 4.66. The van der Waals surface area contributed by atoms with E-state index in [1.54, 1.807) is 10.7 Å². The highest BCUT2D eigenvalue weighted by atomic mass is 19.1. The van der Waals surface area contributed by atoms with E-state index in [1.165, 1.54) is 12.1 Å². The van der Waals surface area contributed by atoms with Gasteiger partial charge < -0.3 is 15.4 Å². The van der Waals surface area contributed by atoms with Crippen LogP contribution in [0.2, 0.25) is 0 Å². The predicted molar refractivity (Wildman–Crippen MR) is 73.0 cm³/mol. The molecule has 2 N–H and O–H groups in total. The molecule has 106 valence electrons. The lowest BCUT2D eigenvalue weighted by molar-refractivity contribution is 0.122. The summed E-state index contributed by atoms with van der Waals surface area (Å²) in [7, 11) is 0. The lowest BCUT2D eigenvalue weighted by Gasteiger charge is -2.25. The minimum Gasteiger partial charge on any atom is -0.378 e. The highest BCUT2D eigenvalue weighted by Crippen LogP contribution is 2.14. The highest BCUT2D eigenvalue weighted by Gasteiger charge is 2.17. The van der Waals surface area contributed by atoms with Gasteiger partial charge in [0.1, 0.15) is 5.82 Å². The summed E-state index contributed by atoms with van der Waals surface area (Å²) in [6.45, 7) is 3.24. The average Bonchev–Trinajstić information content (AvgIpc) is 2.81. The Balaban J connectivity index is 1.78. The van der Waals surface area contributed by atoms with E-state index in [1.807, 2.05) is 11.0 Å². The van der Waals surface area contributed by atoms with Gasteiger partial charge in [-0.05, 0) is 17.7 Å². The fourth-order valence-corrected chi connectivity index (χ4v) is 2.16. The van der Waals surface area contributed by atoms with E-state index in [0.717, 1.165) is 18.7 Å². The Bertz CT molecular complexity index is 594. The third-order valence-corrected chi connectivity index (χ3v) is 3.20. The zero-order chi connectivity index (χ0) is 13.9. The van der Waals surface area contributed by atoms with Crippen molar-refractivity contribution in [1.82, 2.24) is 14.8 Å². The molecule has 0 amide bonds. The smallest absolute Gasteiger partial charge is 0.246 e. The van der Waals surface area contributed by atoms with Crippen LogP contribution in [0.1, 0.15) is 5.56 Å². The van der Waals surface area contributed by atoms with Crippen molar-refractivity contribution in [1.29, 1.82) is 0 Å². The molecule has 1 saturated heterocycles. The highest BCUT2D eigenvalue weighted by molar-refractivity contribution is 5.36. The first kappa shape index (κ1) is 12.9. The Hall–Kier alpha value is -2.15. The van der Waals surface area contributed by atoms with Gasteiger partial charge in [-0.2, -0.15) is 4.98 Å². The number of benzene rings is 1. The van der Waals surface area contributed by atoms with Crippen LogP contribution in [0.25, 0.3) is 0 Å². The molecule has 3 rings (SSSR count). The monoisotopic (exact) mass is 277 g/mol. The SMILES string of the molecule is Nc1nc(N2CCOCC2)nn1Cc1cccc(F)c1. The number of halogens is 1. The second-order valence-corrected chi connectivity index (χ2v) is 4.66. The molecule has 2 heterocycles. The van der Waals surface area contributed by atoms with Crippen LogP contribution in [-0.2, 0) is 11.3 Å². The summed E-state index contributed by atoms with van der Waals surface area (Å²) in [5.74, 6) is 0.660. The number of ether oxygens (including phenoxy) is 1. The first-order chi connectivity index (χ1) is 9.72. The molecule has 1 aromatic carbocycles. The minimum absolute atomic E-state index is 0.269. The molecule has 0 saturated carbocycles. The van der Waals surface area contributed by atoms with Crippen molar-refractivity contribution in [2.45, 2.75) is 6.54 Å². The third-order valence-electron chi connectivity index (χ3n) is 3.20. The van der Waals surface area contributed by atoms with Crippen LogP contribution in [0.4, 0.5) is 16.3 Å². The molecule has 1 fully saturated rings. The van der Waals surface area contributed by atoms with Gasteiger partial charge in [0.05, 0.1) is 19.8 Å². The number of aromatic nitrogens is 3. The number of nitrogens with zero attached hydrogens (tertiary/aromatic N) is 4. The summed E-state index contributed by atoms with van der Waals surface area (Å²) < 4.78 is 20.0. The number of nitrogen functional groups attached to an aromatic ring is 1. The molecule has 0 atom stereocenters. The molecular formula is C13H16FN5O. The van der Waals surface area contributed by atoms with Crippen molar-refractivity contribution < 1.29 is 9.13 Å². The van der Waals surface area contributed by atoms with E-state index in [-0.39, 0.29) is 5.82 Å². The van der Waals surface area contributed by atoms with Gasteiger partial charge in [0.15, 0.2) is 0 Å². The molecule has 0 unspecified atom stereocenters. The van der Waals surface area contributed by atoms with Gasteiger partial charge in [0.2, 0.25) is 11.9 Å². The Morgan fingerprint density at radius 1 is 1.30 bits per heavy atom. The largest absolute Gasteiger partial charge is 0.378 e. The fraction of sp³-hybridized carbons (Fsp3) is 0.385. The molecule has 2 aromatic rings. The molecule has 7 heteroatoms. The Kier molecular flexibility index (Phi) is 3.51. The van der Waals surface area contributed by atoms with Crippen LogP contribution >= 0.6 is 0 Å². The summed E-state index contributed by atoms with van der Waals surface area (Å²) in [5, 5.41) is 4.39. The first-order valence-electron chi connectivity index (χ1n) is 6.50. The maximum Gasteiger partial charge on any atom is 0.246 e. The molecule has 0 bridgehead atoms. The third kappa shape index (κ3) is 2.72. The molecular weight excluding hydrogens is 261 g/mol. The summed E-state index contributed by atoms with van der Waals surface area (Å²) in [4.78, 5) is 6.29. The van der Waals surface area contributed by atoms with Crippen LogP contribution in [-0.4, -0.2) is 41.1 Å². The molecule has 6 nitrogen and oxygen atoms in total. The molecule has 1 aromatic heterocycles. The molecule has 0 radical (unpaired) electrons. The van der Waals surface area contributed by atoms with E-state index in [2.05, 4.69) is 10.1 Å². The molecule has 0 aliphatic carbocycles. The van der Waals surface area contributed by atoms with Gasteiger partial charge in [-0.1, -0.05) is 12.1 Å². The van der Waals surface area contributed by atoms with Crippen LogP contribution in [0, 0.1) is 5.82 Å². The summed E-state index contributed by atoms with van der Waals surface area (Å²) in [6, 6.07) is 6.38. The number of nitrogens with two attached hydrogens (primary N) is 1. The summed E-state index contributed by atoms with van der Waals surface area (Å²) >= 11 is 0. The van der Waals surface area contributed by atoms with Crippen LogP contribution in [0.15, 0.2) is 24.3 Å². The number of hydrogen-bond acceptors (Lipinski definition) is 5. The summed E-state index contributed by atoms with van der Waals surface area (Å²) in [6.07, 6.45) is 0. The lowest BCUT2D eigenvalue weighted by atomic mass is 10.2. The molecule has 1 aliphatic heterocycles. The van der Waals surface area contributed by atoms with E-state index < -0.39 is 0 Å². The predicted octanol–water partition coefficient (Wildman–Crippen LogP) is 0.884. The van der Waals surface area contributed by atoms with Crippen molar-refractivity contribution in [2.24, 2.45) is 0 Å². The van der Waals surface area contributed by atoms with Gasteiger partial charge in [0, 0.05) is 13.1 Å². The Morgan fingerprint density at radius 3 is 2.85 bits per heavy atom. The van der Waals surface area contributed by atoms with Crippen molar-refractivity contribution in [3.63, 3.8) is 0 Å². The average molecular weight is 277 g/mol. The molecule has 1 aliphatic rings. The van der Waals surface area contributed by atoms with Crippen LogP contribution in [0.5, 0.6) is 0 Å². The van der Waals surface area contributed by atoms with Crippen LogP contribution in [0.3, 0.4) is 0 Å². The van der Waals surface area contributed by atoms with Crippen molar-refractivity contribution in [3.05, 3.63) is 35.6 Å². The van der Waals surface area contributed by atoms with Gasteiger partial charge in [0.25, 0.3) is 0 Å². The maximum absolute atomic E-state index is 13.2. The topological polar surface area (TPSA) is 69.2 Å². The van der Waals surface area contributed by atoms with Crippen LogP contribution < -0.4 is 10.6 Å². The number of hydrogen-bond donors (Lipinski definition) is 1.